The number of carbonyl (C=O) groups is 2. The number of carboxylic acids is 1. The fourth-order valence-corrected chi connectivity index (χ4v) is 4.13. The first-order chi connectivity index (χ1) is 16.9. The maximum Gasteiger partial charge on any atom is 0.528 e. The van der Waals surface area contributed by atoms with E-state index in [1.165, 1.54) is 11.1 Å². The second kappa shape index (κ2) is 11.0. The molecule has 0 saturated heterocycles. The van der Waals surface area contributed by atoms with Crippen LogP contribution in [-0.2, 0) is 40.4 Å². The Morgan fingerprint density at radius 2 is 1.77 bits per heavy atom. The van der Waals surface area contributed by atoms with Gasteiger partial charge in [0.15, 0.2) is 0 Å². The molecule has 0 atom stereocenters. The van der Waals surface area contributed by atoms with E-state index in [2.05, 4.69) is 0 Å². The molecule has 0 bridgehead atoms. The van der Waals surface area contributed by atoms with Crippen LogP contribution in [0.25, 0.3) is 11.1 Å². The second-order valence-electron chi connectivity index (χ2n) is 8.12. The maximum atomic E-state index is 14.7. The second-order valence-corrected chi connectivity index (χ2v) is 8.12. The molecule has 0 fully saturated rings. The molecule has 0 spiro atoms. The summed E-state index contributed by atoms with van der Waals surface area (Å²) >= 11 is 0. The van der Waals surface area contributed by atoms with E-state index >= 15 is 0 Å². The van der Waals surface area contributed by atoms with Gasteiger partial charge in [-0.15, -0.1) is 5.06 Å². The molecule has 182 valence electrons. The molecule has 4 rings (SSSR count). The lowest BCUT2D eigenvalue weighted by molar-refractivity contribution is -0.139. The van der Waals surface area contributed by atoms with Crippen molar-refractivity contribution in [2.24, 2.45) is 0 Å². The number of aliphatic carboxylic acids is 1. The fraction of sp³-hybridized carbons (Fsp3) is 0.259. The van der Waals surface area contributed by atoms with E-state index in [4.69, 9.17) is 19.4 Å². The first-order valence-electron chi connectivity index (χ1n) is 11.4. The van der Waals surface area contributed by atoms with Crippen LogP contribution in [0.3, 0.4) is 0 Å². The molecule has 0 radical (unpaired) electrons. The van der Waals surface area contributed by atoms with Crippen molar-refractivity contribution in [3.63, 3.8) is 0 Å². The molecule has 0 aromatic heterocycles. The van der Waals surface area contributed by atoms with E-state index < -0.39 is 12.1 Å². The Bertz CT molecular complexity index is 1210. The Morgan fingerprint density at radius 3 is 2.51 bits per heavy atom. The van der Waals surface area contributed by atoms with Gasteiger partial charge in [-0.2, -0.15) is 0 Å². The van der Waals surface area contributed by atoms with Gasteiger partial charge in [0.25, 0.3) is 0 Å². The largest absolute Gasteiger partial charge is 0.528 e. The van der Waals surface area contributed by atoms with Crippen LogP contribution in [0.5, 0.6) is 5.75 Å². The van der Waals surface area contributed by atoms with Crippen LogP contribution >= 0.6 is 0 Å². The van der Waals surface area contributed by atoms with Gasteiger partial charge in [0.1, 0.15) is 18.2 Å². The highest BCUT2D eigenvalue weighted by molar-refractivity contribution is 5.77. The summed E-state index contributed by atoms with van der Waals surface area (Å²) < 4.78 is 25.7. The lowest BCUT2D eigenvalue weighted by Gasteiger charge is -2.29. The average Bonchev–Trinajstić information content (AvgIpc) is 2.84. The molecule has 3 aromatic carbocycles. The molecular weight excluding hydrogens is 453 g/mol. The maximum absolute atomic E-state index is 14.7. The fourth-order valence-electron chi connectivity index (χ4n) is 4.13. The molecule has 0 amide bonds. The highest BCUT2D eigenvalue weighted by atomic mass is 19.1. The normalized spacial score (nSPS) is 13.1. The predicted molar refractivity (Wildman–Crippen MR) is 126 cm³/mol. The minimum absolute atomic E-state index is 0.0877. The number of ether oxygens (including phenoxy) is 2. The summed E-state index contributed by atoms with van der Waals surface area (Å²) in [4.78, 5) is 28.8. The monoisotopic (exact) mass is 479 g/mol. The number of hydrogen-bond donors (Lipinski definition) is 1. The summed E-state index contributed by atoms with van der Waals surface area (Å²) in [5.74, 6) is -0.748. The molecule has 1 aliphatic rings. The highest BCUT2D eigenvalue weighted by Gasteiger charge is 2.26. The van der Waals surface area contributed by atoms with Crippen LogP contribution in [0.15, 0.2) is 60.7 Å². The van der Waals surface area contributed by atoms with Gasteiger partial charge in [-0.25, -0.2) is 9.18 Å². The third kappa shape index (κ3) is 5.96. The van der Waals surface area contributed by atoms with Crippen LogP contribution in [0, 0.1) is 5.82 Å². The quantitative estimate of drug-likeness (QED) is 0.448. The molecule has 0 aliphatic carbocycles. The molecule has 7 nitrogen and oxygen atoms in total. The van der Waals surface area contributed by atoms with Crippen molar-refractivity contribution in [2.45, 2.75) is 32.9 Å². The Balaban J connectivity index is 1.56. The standard InChI is InChI=1S/C27H26FNO6/c1-2-33-25-14-19(15-26(30)31)8-9-22(25)20-10-11-24(28)21-12-13-29(16-23(20)21)35-27(32)34-17-18-6-4-3-5-7-18/h3-11,14H,2,12-13,15-17H2,1H3,(H,30,31). The number of benzene rings is 3. The molecule has 3 aromatic rings. The Hall–Kier alpha value is -3.91. The molecular formula is C27H26FNO6. The minimum Gasteiger partial charge on any atom is -0.493 e. The van der Waals surface area contributed by atoms with Gasteiger partial charge in [-0.1, -0.05) is 48.5 Å². The number of carbonyl (C=O) groups excluding carboxylic acids is 1. The van der Waals surface area contributed by atoms with E-state index in [0.717, 1.165) is 11.1 Å². The lowest BCUT2D eigenvalue weighted by Crippen LogP contribution is -2.34. The van der Waals surface area contributed by atoms with Crippen molar-refractivity contribution >= 4 is 12.1 Å². The number of rotatable bonds is 8. The molecule has 1 heterocycles. The smallest absolute Gasteiger partial charge is 0.493 e. The summed E-state index contributed by atoms with van der Waals surface area (Å²) in [6, 6.07) is 17.6. The van der Waals surface area contributed by atoms with Gasteiger partial charge in [0.2, 0.25) is 0 Å². The summed E-state index contributed by atoms with van der Waals surface area (Å²) in [5.41, 5.74) is 4.12. The zero-order valence-corrected chi connectivity index (χ0v) is 19.3. The van der Waals surface area contributed by atoms with Gasteiger partial charge in [0.05, 0.1) is 19.6 Å². The number of nitrogens with zero attached hydrogens (tertiary/aromatic N) is 1. The first-order valence-corrected chi connectivity index (χ1v) is 11.4. The van der Waals surface area contributed by atoms with Crippen molar-refractivity contribution < 1.29 is 33.4 Å². The Kier molecular flexibility index (Phi) is 7.62. The first kappa shape index (κ1) is 24.2. The van der Waals surface area contributed by atoms with Crippen molar-refractivity contribution in [3.05, 3.63) is 88.7 Å². The third-order valence-corrected chi connectivity index (χ3v) is 5.71. The van der Waals surface area contributed by atoms with Crippen LogP contribution in [-0.4, -0.2) is 35.4 Å². The van der Waals surface area contributed by atoms with E-state index in [1.54, 1.807) is 24.3 Å². The van der Waals surface area contributed by atoms with Gasteiger partial charge < -0.3 is 19.4 Å². The van der Waals surface area contributed by atoms with Crippen LogP contribution in [0.2, 0.25) is 0 Å². The van der Waals surface area contributed by atoms with Gasteiger partial charge in [-0.3, -0.25) is 4.79 Å². The number of halogens is 1. The van der Waals surface area contributed by atoms with E-state index in [-0.39, 0.29) is 25.4 Å². The molecule has 0 unspecified atom stereocenters. The predicted octanol–water partition coefficient (Wildman–Crippen LogP) is 5.15. The Labute approximate surface area is 202 Å². The zero-order chi connectivity index (χ0) is 24.8. The number of hydroxylamine groups is 2. The topological polar surface area (TPSA) is 85.3 Å². The van der Waals surface area contributed by atoms with E-state index in [0.29, 0.717) is 47.6 Å². The van der Waals surface area contributed by atoms with Crippen LogP contribution < -0.4 is 4.74 Å². The SMILES string of the molecule is CCOc1cc(CC(=O)O)ccc1-c1ccc(F)c2c1CN(OC(=O)OCc1ccccc1)CC2. The molecule has 0 saturated carbocycles. The average molecular weight is 480 g/mol. The van der Waals surface area contributed by atoms with Crippen LogP contribution in [0.1, 0.15) is 29.2 Å². The van der Waals surface area contributed by atoms with Crippen molar-refractivity contribution in [2.75, 3.05) is 13.2 Å². The Morgan fingerprint density at radius 1 is 1.00 bits per heavy atom. The minimum atomic E-state index is -0.939. The molecule has 1 N–H and O–H groups in total. The van der Waals surface area contributed by atoms with Crippen molar-refractivity contribution in [1.29, 1.82) is 0 Å². The molecule has 35 heavy (non-hydrogen) atoms. The number of hydrogen-bond acceptors (Lipinski definition) is 6. The van der Waals surface area contributed by atoms with Gasteiger partial charge >= 0.3 is 12.1 Å². The zero-order valence-electron chi connectivity index (χ0n) is 19.3. The molecule has 1 aliphatic heterocycles. The van der Waals surface area contributed by atoms with Crippen molar-refractivity contribution in [3.8, 4) is 16.9 Å². The van der Waals surface area contributed by atoms with Crippen LogP contribution in [0.4, 0.5) is 9.18 Å². The molecule has 8 heteroatoms. The number of fused-ring (bicyclic) bond motifs is 1. The van der Waals surface area contributed by atoms with E-state index in [1.807, 2.05) is 37.3 Å². The summed E-state index contributed by atoms with van der Waals surface area (Å²) in [7, 11) is 0. The third-order valence-electron chi connectivity index (χ3n) is 5.71. The summed E-state index contributed by atoms with van der Waals surface area (Å²) in [6.45, 7) is 2.80. The van der Waals surface area contributed by atoms with Gasteiger partial charge in [0, 0.05) is 12.1 Å². The van der Waals surface area contributed by atoms with E-state index in [9.17, 15) is 14.0 Å². The van der Waals surface area contributed by atoms with Crippen molar-refractivity contribution in [1.82, 2.24) is 5.06 Å². The van der Waals surface area contributed by atoms with Gasteiger partial charge in [-0.05, 0) is 53.3 Å². The lowest BCUT2D eigenvalue weighted by atomic mass is 9.90. The number of carboxylic acid groups (broad SMARTS) is 1. The highest BCUT2D eigenvalue weighted by Crippen LogP contribution is 2.38. The summed E-state index contributed by atoms with van der Waals surface area (Å²) in [5, 5.41) is 10.6. The summed E-state index contributed by atoms with van der Waals surface area (Å²) in [6.07, 6.45) is -0.611.